The number of ether oxygens (including phenoxy) is 1. The average molecular weight is 309 g/mol. The van der Waals surface area contributed by atoms with Crippen molar-refractivity contribution in [2.24, 2.45) is 5.92 Å². The van der Waals surface area contributed by atoms with E-state index in [1.54, 1.807) is 5.57 Å². The second-order valence-corrected chi connectivity index (χ2v) is 6.46. The van der Waals surface area contributed by atoms with Crippen LogP contribution in [0.5, 0.6) is 0 Å². The van der Waals surface area contributed by atoms with Crippen LogP contribution in [-0.2, 0) is 4.74 Å². The van der Waals surface area contributed by atoms with E-state index < -0.39 is 0 Å². The topological polar surface area (TPSA) is 33.3 Å². The Morgan fingerprint density at radius 1 is 1.29 bits per heavy atom. The number of rotatable bonds is 5. The molecule has 0 bridgehead atoms. The highest BCUT2D eigenvalue weighted by atomic mass is 35.5. The van der Waals surface area contributed by atoms with Gasteiger partial charge >= 0.3 is 0 Å². The molecule has 0 spiro atoms. The SMILES string of the molecule is CC1NCCC2=C1NC1=CC=C(OCCCCCl)CCC12. The monoisotopic (exact) mass is 308 g/mol. The van der Waals surface area contributed by atoms with Gasteiger partial charge in [-0.3, -0.25) is 0 Å². The van der Waals surface area contributed by atoms with Gasteiger partial charge in [0.25, 0.3) is 0 Å². The molecular formula is C17H25ClN2O. The molecule has 3 nitrogen and oxygen atoms in total. The van der Waals surface area contributed by atoms with Crippen LogP contribution in [0.3, 0.4) is 0 Å². The van der Waals surface area contributed by atoms with Crippen LogP contribution in [0.1, 0.15) is 39.0 Å². The Morgan fingerprint density at radius 3 is 3.05 bits per heavy atom. The van der Waals surface area contributed by atoms with Crippen molar-refractivity contribution in [3.63, 3.8) is 0 Å². The van der Waals surface area contributed by atoms with Gasteiger partial charge < -0.3 is 15.4 Å². The molecule has 2 N–H and O–H groups in total. The normalized spacial score (nSPS) is 28.1. The molecule has 0 fully saturated rings. The van der Waals surface area contributed by atoms with Crippen molar-refractivity contribution < 1.29 is 4.74 Å². The van der Waals surface area contributed by atoms with E-state index in [4.69, 9.17) is 16.3 Å². The zero-order chi connectivity index (χ0) is 14.7. The molecule has 4 heteroatoms. The van der Waals surface area contributed by atoms with Gasteiger partial charge in [0.2, 0.25) is 0 Å². The third kappa shape index (κ3) is 3.29. The second-order valence-electron chi connectivity index (χ2n) is 6.08. The highest BCUT2D eigenvalue weighted by molar-refractivity contribution is 6.17. The first-order valence-corrected chi connectivity index (χ1v) is 8.66. The lowest BCUT2D eigenvalue weighted by Gasteiger charge is -2.24. The van der Waals surface area contributed by atoms with E-state index in [-0.39, 0.29) is 0 Å². The van der Waals surface area contributed by atoms with Crippen molar-refractivity contribution in [2.75, 3.05) is 19.0 Å². The molecule has 0 saturated carbocycles. The van der Waals surface area contributed by atoms with Gasteiger partial charge in [-0.25, -0.2) is 0 Å². The summed E-state index contributed by atoms with van der Waals surface area (Å²) in [5.41, 5.74) is 4.39. The van der Waals surface area contributed by atoms with Crippen LogP contribution in [0.25, 0.3) is 0 Å². The van der Waals surface area contributed by atoms with Crippen LogP contribution in [-0.4, -0.2) is 25.1 Å². The van der Waals surface area contributed by atoms with E-state index in [1.807, 2.05) is 0 Å². The Balaban J connectivity index is 1.62. The summed E-state index contributed by atoms with van der Waals surface area (Å²) in [5.74, 6) is 2.42. The van der Waals surface area contributed by atoms with Gasteiger partial charge in [0.1, 0.15) is 0 Å². The molecule has 0 aromatic carbocycles. The number of alkyl halides is 1. The Hall–Kier alpha value is -0.930. The van der Waals surface area contributed by atoms with E-state index in [1.165, 1.54) is 17.8 Å². The molecule has 0 aromatic heterocycles. The number of halogens is 1. The number of allylic oxidation sites excluding steroid dienone is 4. The van der Waals surface area contributed by atoms with Gasteiger partial charge in [-0.1, -0.05) is 0 Å². The zero-order valence-electron chi connectivity index (χ0n) is 12.8. The maximum absolute atomic E-state index is 5.89. The average Bonchev–Trinajstić information content (AvgIpc) is 2.73. The summed E-state index contributed by atoms with van der Waals surface area (Å²) in [4.78, 5) is 0. The first-order chi connectivity index (χ1) is 10.3. The van der Waals surface area contributed by atoms with Gasteiger partial charge in [0.05, 0.1) is 12.4 Å². The van der Waals surface area contributed by atoms with Gasteiger partial charge in [-0.15, -0.1) is 11.6 Å². The maximum Gasteiger partial charge on any atom is 0.0960 e. The lowest BCUT2D eigenvalue weighted by molar-refractivity contribution is 0.196. The number of unbranched alkanes of at least 4 members (excludes halogenated alkanes) is 1. The molecule has 0 radical (unpaired) electrons. The fraction of sp³-hybridized carbons (Fsp3) is 0.647. The summed E-state index contributed by atoms with van der Waals surface area (Å²) in [5, 5.41) is 7.17. The van der Waals surface area contributed by atoms with Gasteiger partial charge in [0.15, 0.2) is 0 Å². The Kier molecular flexibility index (Phi) is 4.91. The van der Waals surface area contributed by atoms with Crippen LogP contribution >= 0.6 is 11.6 Å². The van der Waals surface area contributed by atoms with E-state index in [0.717, 1.165) is 50.5 Å². The maximum atomic E-state index is 5.89. The molecule has 0 amide bonds. The van der Waals surface area contributed by atoms with Crippen molar-refractivity contribution >= 4 is 11.6 Å². The third-order valence-electron chi connectivity index (χ3n) is 4.64. The first-order valence-electron chi connectivity index (χ1n) is 8.12. The summed E-state index contributed by atoms with van der Waals surface area (Å²) in [6.07, 6.45) is 9.80. The molecule has 2 aliphatic heterocycles. The number of hydrogen-bond acceptors (Lipinski definition) is 3. The van der Waals surface area contributed by atoms with Crippen molar-refractivity contribution in [3.8, 4) is 0 Å². The van der Waals surface area contributed by atoms with Gasteiger partial charge in [-0.05, 0) is 56.9 Å². The zero-order valence-corrected chi connectivity index (χ0v) is 13.5. The van der Waals surface area contributed by atoms with Crippen molar-refractivity contribution in [3.05, 3.63) is 34.9 Å². The van der Waals surface area contributed by atoms with Crippen LogP contribution in [0.4, 0.5) is 0 Å². The van der Waals surface area contributed by atoms with Crippen molar-refractivity contribution in [1.29, 1.82) is 0 Å². The summed E-state index contributed by atoms with van der Waals surface area (Å²) in [7, 11) is 0. The summed E-state index contributed by atoms with van der Waals surface area (Å²) < 4.78 is 5.89. The fourth-order valence-electron chi connectivity index (χ4n) is 3.48. The van der Waals surface area contributed by atoms with Gasteiger partial charge in [-0.2, -0.15) is 0 Å². The molecule has 21 heavy (non-hydrogen) atoms. The highest BCUT2D eigenvalue weighted by Crippen LogP contribution is 2.39. The molecule has 1 aliphatic carbocycles. The lowest BCUT2D eigenvalue weighted by atomic mass is 9.89. The number of hydrogen-bond donors (Lipinski definition) is 2. The van der Waals surface area contributed by atoms with Crippen molar-refractivity contribution in [1.82, 2.24) is 10.6 Å². The van der Waals surface area contributed by atoms with Gasteiger partial charge in [0, 0.05) is 35.7 Å². The van der Waals surface area contributed by atoms with Crippen LogP contribution < -0.4 is 10.6 Å². The highest BCUT2D eigenvalue weighted by Gasteiger charge is 2.34. The molecule has 116 valence electrons. The summed E-state index contributed by atoms with van der Waals surface area (Å²) >= 11 is 5.69. The minimum Gasteiger partial charge on any atom is -0.498 e. The smallest absolute Gasteiger partial charge is 0.0960 e. The standard InChI is InChI=1S/C17H25ClN2O/c1-12-17-15(8-10-19-12)14-6-4-13(5-7-16(14)20-17)21-11-3-2-9-18/h5,7,12,14,19-20H,2-4,6,8-11H2,1H3. The Labute approximate surface area is 132 Å². The minimum absolute atomic E-state index is 0.455. The summed E-state index contributed by atoms with van der Waals surface area (Å²) in [6, 6.07) is 0.455. The van der Waals surface area contributed by atoms with Crippen molar-refractivity contribution in [2.45, 2.75) is 45.1 Å². The summed E-state index contributed by atoms with van der Waals surface area (Å²) in [6.45, 7) is 4.13. The van der Waals surface area contributed by atoms with E-state index in [2.05, 4.69) is 29.7 Å². The molecule has 3 aliphatic rings. The molecule has 0 saturated heterocycles. The van der Waals surface area contributed by atoms with Crippen LogP contribution in [0.2, 0.25) is 0 Å². The number of fused-ring (bicyclic) bond motifs is 2. The van der Waals surface area contributed by atoms with Crippen LogP contribution in [0, 0.1) is 5.92 Å². The molecule has 2 atom stereocenters. The van der Waals surface area contributed by atoms with E-state index in [9.17, 15) is 0 Å². The first kappa shape index (κ1) is 15.0. The fourth-order valence-corrected chi connectivity index (χ4v) is 3.67. The molecular weight excluding hydrogens is 284 g/mol. The lowest BCUT2D eigenvalue weighted by Crippen LogP contribution is -2.36. The molecule has 3 rings (SSSR count). The quantitative estimate of drug-likeness (QED) is 0.603. The predicted octanol–water partition coefficient (Wildman–Crippen LogP) is 3.44. The molecule has 2 unspecified atom stereocenters. The number of nitrogens with one attached hydrogen (secondary N) is 2. The second kappa shape index (κ2) is 6.89. The Morgan fingerprint density at radius 2 is 2.19 bits per heavy atom. The Bertz CT molecular complexity index is 481. The predicted molar refractivity (Wildman–Crippen MR) is 87.0 cm³/mol. The molecule has 2 heterocycles. The van der Waals surface area contributed by atoms with Crippen LogP contribution in [0.15, 0.2) is 34.9 Å². The molecule has 0 aromatic rings. The van der Waals surface area contributed by atoms with E-state index in [0.29, 0.717) is 12.0 Å². The largest absolute Gasteiger partial charge is 0.498 e. The third-order valence-corrected chi connectivity index (χ3v) is 4.91. The minimum atomic E-state index is 0.455. The van der Waals surface area contributed by atoms with E-state index >= 15 is 0 Å².